The number of carbonyl (C=O) groups excluding carboxylic acids is 1. The summed E-state index contributed by atoms with van der Waals surface area (Å²) in [5, 5.41) is 18.6. The molecule has 0 spiro atoms. The number of ether oxygens (including phenoxy) is 2. The Balaban J connectivity index is 1.46. The van der Waals surface area contributed by atoms with Gasteiger partial charge in [-0.15, -0.1) is 0 Å². The van der Waals surface area contributed by atoms with Crippen molar-refractivity contribution in [3.8, 4) is 28.5 Å². The van der Waals surface area contributed by atoms with E-state index in [1.165, 1.54) is 0 Å². The van der Waals surface area contributed by atoms with Crippen LogP contribution in [0.15, 0.2) is 91.0 Å². The monoisotopic (exact) mass is 559 g/mol. The second-order valence-corrected chi connectivity index (χ2v) is 10.6. The van der Waals surface area contributed by atoms with Crippen LogP contribution < -0.4 is 9.47 Å². The van der Waals surface area contributed by atoms with E-state index in [1.807, 2.05) is 117 Å². The zero-order valence-electron chi connectivity index (χ0n) is 23.9. The molecular weight excluding hydrogens is 526 g/mol. The third kappa shape index (κ3) is 5.09. The summed E-state index contributed by atoms with van der Waals surface area (Å²) in [4.78, 5) is 15.8. The van der Waals surface area contributed by atoms with Gasteiger partial charge in [0.05, 0.1) is 12.6 Å². The SMILES string of the molecule is CCOc1cc(C2c3c(-c4cc(C)cc(C)c4O)n[nH]c3C(=O)N2Cc2ccccc2)ccc1OCc1ccccc1. The first-order valence-corrected chi connectivity index (χ1v) is 14.1. The minimum atomic E-state index is -0.468. The molecule has 1 aliphatic rings. The van der Waals surface area contributed by atoms with Crippen molar-refractivity contribution >= 4 is 5.91 Å². The molecule has 7 heteroatoms. The molecule has 0 saturated carbocycles. The summed E-state index contributed by atoms with van der Waals surface area (Å²) in [5.74, 6) is 1.24. The van der Waals surface area contributed by atoms with Gasteiger partial charge >= 0.3 is 0 Å². The lowest BCUT2D eigenvalue weighted by atomic mass is 9.93. The van der Waals surface area contributed by atoms with E-state index in [1.54, 1.807) is 0 Å². The van der Waals surface area contributed by atoms with Gasteiger partial charge < -0.3 is 19.5 Å². The number of hydrogen-bond donors (Lipinski definition) is 2. The number of phenolic OH excluding ortho intramolecular Hbond substituents is 1. The van der Waals surface area contributed by atoms with Crippen LogP contribution in [0.5, 0.6) is 17.2 Å². The number of carbonyl (C=O) groups is 1. The van der Waals surface area contributed by atoms with Gasteiger partial charge in [-0.25, -0.2) is 0 Å². The zero-order valence-corrected chi connectivity index (χ0v) is 23.9. The summed E-state index contributed by atoms with van der Waals surface area (Å²) < 4.78 is 12.2. The molecule has 0 radical (unpaired) electrons. The van der Waals surface area contributed by atoms with Crippen LogP contribution >= 0.6 is 0 Å². The second-order valence-electron chi connectivity index (χ2n) is 10.6. The Kier molecular flexibility index (Phi) is 7.40. The lowest BCUT2D eigenvalue weighted by molar-refractivity contribution is 0.0729. The first-order chi connectivity index (χ1) is 20.4. The van der Waals surface area contributed by atoms with Crippen LogP contribution in [-0.2, 0) is 13.2 Å². The fraction of sp³-hybridized carbons (Fsp3) is 0.200. The number of rotatable bonds is 9. The third-order valence-electron chi connectivity index (χ3n) is 7.58. The number of benzene rings is 4. The number of aromatic nitrogens is 2. The van der Waals surface area contributed by atoms with Crippen molar-refractivity contribution in [2.75, 3.05) is 6.61 Å². The molecule has 1 amide bonds. The maximum absolute atomic E-state index is 13.9. The van der Waals surface area contributed by atoms with Crippen molar-refractivity contribution in [3.63, 3.8) is 0 Å². The fourth-order valence-corrected chi connectivity index (χ4v) is 5.65. The quantitative estimate of drug-likeness (QED) is 0.201. The van der Waals surface area contributed by atoms with Gasteiger partial charge in [0, 0.05) is 17.7 Å². The number of hydrogen-bond acceptors (Lipinski definition) is 5. The molecule has 1 aliphatic heterocycles. The van der Waals surface area contributed by atoms with E-state index in [0.29, 0.717) is 48.2 Å². The van der Waals surface area contributed by atoms with Crippen LogP contribution in [0.2, 0.25) is 0 Å². The summed E-state index contributed by atoms with van der Waals surface area (Å²) >= 11 is 0. The van der Waals surface area contributed by atoms with E-state index >= 15 is 0 Å². The minimum Gasteiger partial charge on any atom is -0.507 e. The largest absolute Gasteiger partial charge is 0.507 e. The first kappa shape index (κ1) is 27.1. The van der Waals surface area contributed by atoms with Gasteiger partial charge in [-0.05, 0) is 66.8 Å². The number of nitrogens with zero attached hydrogens (tertiary/aromatic N) is 2. The molecule has 0 bridgehead atoms. The molecular formula is C35H33N3O4. The van der Waals surface area contributed by atoms with E-state index in [9.17, 15) is 9.90 Å². The number of amides is 1. The highest BCUT2D eigenvalue weighted by molar-refractivity contribution is 6.00. The molecule has 42 heavy (non-hydrogen) atoms. The lowest BCUT2D eigenvalue weighted by Crippen LogP contribution is -2.29. The van der Waals surface area contributed by atoms with Crippen molar-refractivity contribution in [2.45, 2.75) is 40.0 Å². The Morgan fingerprint density at radius 2 is 1.60 bits per heavy atom. The fourth-order valence-electron chi connectivity index (χ4n) is 5.65. The Hall–Kier alpha value is -5.04. The highest BCUT2D eigenvalue weighted by Gasteiger charge is 2.43. The molecule has 2 N–H and O–H groups in total. The number of aryl methyl sites for hydroxylation is 2. The maximum Gasteiger partial charge on any atom is 0.273 e. The molecule has 0 fully saturated rings. The van der Waals surface area contributed by atoms with Crippen LogP contribution in [0.3, 0.4) is 0 Å². The summed E-state index contributed by atoms with van der Waals surface area (Å²) in [6.07, 6.45) is 0. The van der Waals surface area contributed by atoms with Gasteiger partial charge in [0.25, 0.3) is 5.91 Å². The average molecular weight is 560 g/mol. The molecule has 6 rings (SSSR count). The topological polar surface area (TPSA) is 87.7 Å². The lowest BCUT2D eigenvalue weighted by Gasteiger charge is -2.27. The summed E-state index contributed by atoms with van der Waals surface area (Å²) in [6.45, 7) is 7.05. The van der Waals surface area contributed by atoms with Gasteiger partial charge in [0.1, 0.15) is 23.7 Å². The number of fused-ring (bicyclic) bond motifs is 1. The standard InChI is InChI=1S/C35H33N3O4/c1-4-41-29-19-26(15-16-28(29)42-21-25-13-9-6-10-14-25)33-30-31(27-18-22(2)17-23(3)34(27)39)36-37-32(30)35(40)38(33)20-24-11-7-5-8-12-24/h5-19,33,39H,4,20-21H2,1-3H3,(H,36,37). The van der Waals surface area contributed by atoms with Crippen molar-refractivity contribution < 1.29 is 19.4 Å². The summed E-state index contributed by atoms with van der Waals surface area (Å²) in [5.41, 5.74) is 6.99. The van der Waals surface area contributed by atoms with Gasteiger partial charge in [-0.2, -0.15) is 5.10 Å². The predicted molar refractivity (Wildman–Crippen MR) is 162 cm³/mol. The van der Waals surface area contributed by atoms with Crippen molar-refractivity contribution in [2.24, 2.45) is 0 Å². The summed E-state index contributed by atoms with van der Waals surface area (Å²) in [7, 11) is 0. The number of H-pyrrole nitrogens is 1. The van der Waals surface area contributed by atoms with E-state index in [-0.39, 0.29) is 11.7 Å². The van der Waals surface area contributed by atoms with Gasteiger partial charge in [0.2, 0.25) is 0 Å². The van der Waals surface area contributed by atoms with Crippen LogP contribution in [0.25, 0.3) is 11.3 Å². The first-order valence-electron chi connectivity index (χ1n) is 14.1. The van der Waals surface area contributed by atoms with Crippen LogP contribution in [0.4, 0.5) is 0 Å². The Morgan fingerprint density at radius 1 is 0.881 bits per heavy atom. The van der Waals surface area contributed by atoms with Crippen molar-refractivity contribution in [1.82, 2.24) is 15.1 Å². The third-order valence-corrected chi connectivity index (χ3v) is 7.58. The Bertz CT molecular complexity index is 1730. The van der Waals surface area contributed by atoms with Gasteiger partial charge in [0.15, 0.2) is 11.5 Å². The highest BCUT2D eigenvalue weighted by Crippen LogP contribution is 2.47. The van der Waals surface area contributed by atoms with Crippen molar-refractivity contribution in [3.05, 3.63) is 130 Å². The van der Waals surface area contributed by atoms with E-state index in [2.05, 4.69) is 10.2 Å². The molecule has 0 saturated heterocycles. The zero-order chi connectivity index (χ0) is 29.2. The van der Waals surface area contributed by atoms with Crippen LogP contribution in [-0.4, -0.2) is 32.7 Å². The summed E-state index contributed by atoms with van der Waals surface area (Å²) in [6, 6.07) is 29.1. The number of nitrogens with one attached hydrogen (secondary N) is 1. The molecule has 4 aromatic carbocycles. The molecule has 1 aromatic heterocycles. The average Bonchev–Trinajstić information content (AvgIpc) is 3.54. The number of phenols is 1. The minimum absolute atomic E-state index is 0.149. The molecule has 212 valence electrons. The number of aromatic amines is 1. The molecule has 0 aliphatic carbocycles. The highest BCUT2D eigenvalue weighted by atomic mass is 16.5. The Labute approximate surface area is 245 Å². The van der Waals surface area contributed by atoms with Crippen molar-refractivity contribution in [1.29, 1.82) is 0 Å². The Morgan fingerprint density at radius 3 is 2.31 bits per heavy atom. The molecule has 2 heterocycles. The van der Waals surface area contributed by atoms with Crippen LogP contribution in [0, 0.1) is 13.8 Å². The predicted octanol–water partition coefficient (Wildman–Crippen LogP) is 7.12. The molecule has 1 atom stereocenters. The maximum atomic E-state index is 13.9. The molecule has 1 unspecified atom stereocenters. The normalized spacial score (nSPS) is 14.2. The van der Waals surface area contributed by atoms with E-state index in [0.717, 1.165) is 33.4 Å². The van der Waals surface area contributed by atoms with Gasteiger partial charge in [-0.3, -0.25) is 9.89 Å². The van der Waals surface area contributed by atoms with Crippen LogP contribution in [0.1, 0.15) is 56.8 Å². The molecule has 7 nitrogen and oxygen atoms in total. The second kappa shape index (κ2) is 11.4. The molecule has 5 aromatic rings. The van der Waals surface area contributed by atoms with E-state index in [4.69, 9.17) is 9.47 Å². The van der Waals surface area contributed by atoms with Gasteiger partial charge in [-0.1, -0.05) is 72.8 Å². The van der Waals surface area contributed by atoms with E-state index < -0.39 is 6.04 Å². The number of aromatic hydroxyl groups is 1. The smallest absolute Gasteiger partial charge is 0.273 e.